The number of benzene rings is 1. The third-order valence-corrected chi connectivity index (χ3v) is 4.17. The Bertz CT molecular complexity index is 924. The van der Waals surface area contributed by atoms with Crippen molar-refractivity contribution in [2.24, 2.45) is 5.73 Å². The van der Waals surface area contributed by atoms with E-state index in [9.17, 15) is 19.2 Å². The van der Waals surface area contributed by atoms with Crippen LogP contribution in [0.5, 0.6) is 0 Å². The van der Waals surface area contributed by atoms with Crippen LogP contribution in [0.2, 0.25) is 0 Å². The summed E-state index contributed by atoms with van der Waals surface area (Å²) in [5.74, 6) is 4.64. The van der Waals surface area contributed by atoms with E-state index in [1.54, 1.807) is 32.9 Å². The summed E-state index contributed by atoms with van der Waals surface area (Å²) in [5, 5.41) is 5.24. The van der Waals surface area contributed by atoms with Gasteiger partial charge in [0.1, 0.15) is 11.6 Å². The number of hydrogen-bond acceptors (Lipinski definition) is 6. The molecule has 0 saturated carbocycles. The summed E-state index contributed by atoms with van der Waals surface area (Å²) >= 11 is 0. The third kappa shape index (κ3) is 12.2. The number of carbonyl (C=O) groups excluding carboxylic acids is 4. The third-order valence-electron chi connectivity index (χ3n) is 4.17. The fourth-order valence-corrected chi connectivity index (χ4v) is 2.75. The Balaban J connectivity index is 2.88. The summed E-state index contributed by atoms with van der Waals surface area (Å²) in [4.78, 5) is 47.3. The summed E-state index contributed by atoms with van der Waals surface area (Å²) in [5.41, 5.74) is 6.52. The van der Waals surface area contributed by atoms with Gasteiger partial charge in [0.2, 0.25) is 11.8 Å². The molecule has 1 aromatic carbocycles. The van der Waals surface area contributed by atoms with E-state index in [1.807, 2.05) is 13.0 Å². The van der Waals surface area contributed by atoms with Crippen LogP contribution in [-0.4, -0.2) is 42.6 Å². The molecule has 9 heteroatoms. The number of anilines is 1. The number of aryl methyl sites for hydroxylation is 1. The molecule has 0 unspecified atom stereocenters. The molecule has 3 amide bonds. The molecule has 0 aliphatic heterocycles. The summed E-state index contributed by atoms with van der Waals surface area (Å²) in [6.45, 7) is 6.98. The lowest BCUT2D eigenvalue weighted by Gasteiger charge is -2.23. The highest BCUT2D eigenvalue weighted by molar-refractivity contribution is 5.97. The number of nitrogens with one attached hydrogen (secondary N) is 2. The molecule has 0 heterocycles. The molecule has 33 heavy (non-hydrogen) atoms. The number of hydrogen-bond donors (Lipinski definition) is 3. The predicted molar refractivity (Wildman–Crippen MR) is 124 cm³/mol. The average molecular weight is 460 g/mol. The molecule has 1 aromatic rings. The maximum absolute atomic E-state index is 12.8. The van der Waals surface area contributed by atoms with Gasteiger partial charge in [-0.15, -0.1) is 0 Å². The number of amides is 3. The van der Waals surface area contributed by atoms with Crippen molar-refractivity contribution < 1.29 is 28.7 Å². The highest BCUT2D eigenvalue weighted by atomic mass is 16.6. The van der Waals surface area contributed by atoms with Crippen LogP contribution in [0.4, 0.5) is 10.5 Å². The fourth-order valence-electron chi connectivity index (χ4n) is 2.75. The Morgan fingerprint density at radius 3 is 2.42 bits per heavy atom. The summed E-state index contributed by atoms with van der Waals surface area (Å²) in [6.07, 6.45) is 0.600. The minimum atomic E-state index is -1.01. The van der Waals surface area contributed by atoms with Crippen molar-refractivity contribution in [3.8, 4) is 11.8 Å². The lowest BCUT2D eigenvalue weighted by atomic mass is 10.1. The molecule has 0 aromatic heterocycles. The van der Waals surface area contributed by atoms with E-state index in [0.717, 1.165) is 5.56 Å². The topological polar surface area (TPSA) is 137 Å². The Labute approximate surface area is 194 Å². The van der Waals surface area contributed by atoms with Gasteiger partial charge < -0.3 is 25.8 Å². The SMILES string of the molecule is COC(=O)CCCC#Cc1cc(C)cc(NC(=O)[C@H](CCC(N)=O)NC(=O)OC(C)(C)C)c1. The van der Waals surface area contributed by atoms with Gasteiger partial charge >= 0.3 is 12.1 Å². The average Bonchev–Trinajstić information content (AvgIpc) is 2.68. The number of unbranched alkanes of at least 4 members (excludes halogenated alkanes) is 1. The van der Waals surface area contributed by atoms with E-state index in [4.69, 9.17) is 10.5 Å². The molecule has 9 nitrogen and oxygen atoms in total. The van der Waals surface area contributed by atoms with E-state index in [1.165, 1.54) is 7.11 Å². The second-order valence-electron chi connectivity index (χ2n) is 8.51. The van der Waals surface area contributed by atoms with Crippen LogP contribution in [0.25, 0.3) is 0 Å². The van der Waals surface area contributed by atoms with E-state index in [2.05, 4.69) is 27.2 Å². The van der Waals surface area contributed by atoms with Gasteiger partial charge in [0.25, 0.3) is 0 Å². The largest absolute Gasteiger partial charge is 0.469 e. The molecular formula is C24H33N3O6. The van der Waals surface area contributed by atoms with E-state index >= 15 is 0 Å². The molecule has 4 N–H and O–H groups in total. The van der Waals surface area contributed by atoms with E-state index in [0.29, 0.717) is 30.5 Å². The van der Waals surface area contributed by atoms with Crippen LogP contribution in [-0.2, 0) is 23.9 Å². The molecular weight excluding hydrogens is 426 g/mol. The minimum absolute atomic E-state index is 0.0269. The quantitative estimate of drug-likeness (QED) is 0.295. The monoisotopic (exact) mass is 459 g/mol. The first kappa shape index (κ1) is 27.5. The highest BCUT2D eigenvalue weighted by Gasteiger charge is 2.25. The predicted octanol–water partition coefficient (Wildman–Crippen LogP) is 2.79. The Kier molecular flexibility index (Phi) is 10.9. The van der Waals surface area contributed by atoms with Gasteiger partial charge in [-0.25, -0.2) is 4.79 Å². The fraction of sp³-hybridized carbons (Fsp3) is 0.500. The van der Waals surface area contributed by atoms with Gasteiger partial charge in [0, 0.05) is 30.5 Å². The van der Waals surface area contributed by atoms with Gasteiger partial charge in [0.05, 0.1) is 7.11 Å². The first-order chi connectivity index (χ1) is 15.4. The molecule has 0 aliphatic carbocycles. The van der Waals surface area contributed by atoms with Crippen LogP contribution in [0, 0.1) is 18.8 Å². The number of carbonyl (C=O) groups is 4. The molecule has 0 aliphatic rings. The summed E-state index contributed by atoms with van der Waals surface area (Å²) in [6, 6.07) is 4.32. The Morgan fingerprint density at radius 1 is 1.12 bits per heavy atom. The van der Waals surface area contributed by atoms with Crippen molar-refractivity contribution >= 4 is 29.6 Å². The van der Waals surface area contributed by atoms with Gasteiger partial charge in [-0.1, -0.05) is 11.8 Å². The zero-order valence-electron chi connectivity index (χ0n) is 19.9. The number of alkyl carbamates (subject to hydrolysis) is 1. The lowest BCUT2D eigenvalue weighted by molar-refractivity contribution is -0.140. The molecule has 0 fully saturated rings. The molecule has 0 saturated heterocycles. The minimum Gasteiger partial charge on any atom is -0.469 e. The van der Waals surface area contributed by atoms with Crippen LogP contribution in [0.3, 0.4) is 0 Å². The van der Waals surface area contributed by atoms with E-state index < -0.39 is 29.6 Å². The summed E-state index contributed by atoms with van der Waals surface area (Å²) < 4.78 is 9.80. The number of esters is 1. The number of nitrogens with two attached hydrogens (primary N) is 1. The highest BCUT2D eigenvalue weighted by Crippen LogP contribution is 2.15. The standard InChI is InChI=1S/C24H33N3O6/c1-16-13-17(9-7-6-8-10-21(29)32-5)15-18(14-16)26-22(30)19(11-12-20(25)28)27-23(31)33-24(2,3)4/h13-15,19H,6,8,10-12H2,1-5H3,(H2,25,28)(H,26,30)(H,27,31)/t19-/m0/s1. The molecule has 180 valence electrons. The lowest BCUT2D eigenvalue weighted by Crippen LogP contribution is -2.46. The van der Waals surface area contributed by atoms with Crippen molar-refractivity contribution in [2.45, 2.75) is 71.4 Å². The van der Waals surface area contributed by atoms with Crippen molar-refractivity contribution in [3.05, 3.63) is 29.3 Å². The molecule has 1 atom stereocenters. The van der Waals surface area contributed by atoms with Crippen LogP contribution in [0.15, 0.2) is 18.2 Å². The molecule has 1 rings (SSSR count). The zero-order valence-corrected chi connectivity index (χ0v) is 19.9. The molecule has 0 spiro atoms. The van der Waals surface area contributed by atoms with Gasteiger partial charge in [-0.2, -0.15) is 0 Å². The van der Waals surface area contributed by atoms with E-state index in [-0.39, 0.29) is 18.8 Å². The zero-order chi connectivity index (χ0) is 25.0. The maximum atomic E-state index is 12.8. The number of rotatable bonds is 9. The number of methoxy groups -OCH3 is 1. The smallest absolute Gasteiger partial charge is 0.408 e. The Morgan fingerprint density at radius 2 is 1.82 bits per heavy atom. The van der Waals surface area contributed by atoms with Gasteiger partial charge in [0.15, 0.2) is 0 Å². The normalized spacial score (nSPS) is 11.4. The van der Waals surface area contributed by atoms with Crippen LogP contribution >= 0.6 is 0 Å². The number of ether oxygens (including phenoxy) is 2. The van der Waals surface area contributed by atoms with Crippen LogP contribution in [0.1, 0.15) is 64.0 Å². The van der Waals surface area contributed by atoms with Gasteiger partial charge in [-0.3, -0.25) is 14.4 Å². The first-order valence-electron chi connectivity index (χ1n) is 10.7. The Hall–Kier alpha value is -3.54. The van der Waals surface area contributed by atoms with Crippen LogP contribution < -0.4 is 16.4 Å². The second-order valence-corrected chi connectivity index (χ2v) is 8.51. The van der Waals surface area contributed by atoms with Crippen molar-refractivity contribution in [1.29, 1.82) is 0 Å². The molecule has 0 radical (unpaired) electrons. The second kappa shape index (κ2) is 13.1. The molecule has 0 bridgehead atoms. The number of primary amides is 1. The van der Waals surface area contributed by atoms with Gasteiger partial charge in [-0.05, 0) is 64.3 Å². The maximum Gasteiger partial charge on any atom is 0.408 e. The van der Waals surface area contributed by atoms with Crippen molar-refractivity contribution in [2.75, 3.05) is 12.4 Å². The summed E-state index contributed by atoms with van der Waals surface area (Å²) in [7, 11) is 1.35. The first-order valence-corrected chi connectivity index (χ1v) is 10.7. The van der Waals surface area contributed by atoms with Crippen molar-refractivity contribution in [1.82, 2.24) is 5.32 Å². The van der Waals surface area contributed by atoms with Crippen molar-refractivity contribution in [3.63, 3.8) is 0 Å².